The Balaban J connectivity index is 1.75. The second-order valence-electron chi connectivity index (χ2n) is 4.74. The second kappa shape index (κ2) is 8.19. The summed E-state index contributed by atoms with van der Waals surface area (Å²) >= 11 is 0. The van der Waals surface area contributed by atoms with Gasteiger partial charge in [0.25, 0.3) is 0 Å². The van der Waals surface area contributed by atoms with E-state index in [2.05, 4.69) is 21.7 Å². The highest BCUT2D eigenvalue weighted by atomic mass is 16.6. The maximum atomic E-state index is 5.89. The number of hydrogen-bond acceptors (Lipinski definition) is 3. The van der Waals surface area contributed by atoms with Crippen LogP contribution >= 0.6 is 0 Å². The lowest BCUT2D eigenvalue weighted by atomic mass is 10.2. The first-order chi connectivity index (χ1) is 10.3. The molecule has 1 heterocycles. The van der Waals surface area contributed by atoms with Crippen molar-refractivity contribution in [2.24, 2.45) is 4.99 Å². The number of benzene rings is 1. The first kappa shape index (κ1) is 15.2. The van der Waals surface area contributed by atoms with Gasteiger partial charge in [-0.1, -0.05) is 24.3 Å². The predicted octanol–water partition coefficient (Wildman–Crippen LogP) is 1.96. The van der Waals surface area contributed by atoms with Gasteiger partial charge in [0.2, 0.25) is 0 Å². The summed E-state index contributed by atoms with van der Waals surface area (Å²) in [7, 11) is 1.76. The zero-order valence-corrected chi connectivity index (χ0v) is 12.6. The third-order valence-corrected chi connectivity index (χ3v) is 3.13. The number of fused-ring (bicyclic) bond motifs is 1. The molecule has 0 spiro atoms. The molecule has 5 nitrogen and oxygen atoms in total. The van der Waals surface area contributed by atoms with E-state index in [0.29, 0.717) is 13.2 Å². The summed E-state index contributed by atoms with van der Waals surface area (Å²) in [5.41, 5.74) is 0. The van der Waals surface area contributed by atoms with Crippen LogP contribution in [0, 0.1) is 0 Å². The maximum Gasteiger partial charge on any atom is 0.191 e. The van der Waals surface area contributed by atoms with E-state index >= 15 is 0 Å². The molecule has 0 aromatic heterocycles. The van der Waals surface area contributed by atoms with Gasteiger partial charge in [0.15, 0.2) is 17.5 Å². The van der Waals surface area contributed by atoms with Crippen molar-refractivity contribution >= 4 is 5.96 Å². The van der Waals surface area contributed by atoms with Gasteiger partial charge in [0, 0.05) is 13.6 Å². The average molecular weight is 289 g/mol. The predicted molar refractivity (Wildman–Crippen MR) is 85.1 cm³/mol. The number of allylic oxidation sites excluding steroid dienone is 1. The number of para-hydroxylation sites is 2. The fourth-order valence-corrected chi connectivity index (χ4v) is 2.04. The molecule has 0 radical (unpaired) electrons. The van der Waals surface area contributed by atoms with Gasteiger partial charge >= 0.3 is 0 Å². The van der Waals surface area contributed by atoms with Crippen LogP contribution in [0.1, 0.15) is 13.3 Å². The number of nitrogens with one attached hydrogen (secondary N) is 2. The van der Waals surface area contributed by atoms with Crippen molar-refractivity contribution in [1.82, 2.24) is 10.6 Å². The van der Waals surface area contributed by atoms with Crippen molar-refractivity contribution < 1.29 is 9.47 Å². The number of ether oxygens (including phenoxy) is 2. The molecule has 114 valence electrons. The Labute approximate surface area is 126 Å². The molecule has 1 atom stereocenters. The molecular formula is C16H23N3O2. The summed E-state index contributed by atoms with van der Waals surface area (Å²) in [6.45, 7) is 4.07. The molecule has 0 aliphatic carbocycles. The topological polar surface area (TPSA) is 54.9 Å². The Bertz CT molecular complexity index is 500. The van der Waals surface area contributed by atoms with E-state index in [9.17, 15) is 0 Å². The quantitative estimate of drug-likeness (QED) is 0.376. The Morgan fingerprint density at radius 3 is 2.90 bits per heavy atom. The van der Waals surface area contributed by atoms with Crippen molar-refractivity contribution in [3.8, 4) is 11.5 Å². The van der Waals surface area contributed by atoms with Gasteiger partial charge in [0.1, 0.15) is 12.7 Å². The van der Waals surface area contributed by atoms with E-state index in [-0.39, 0.29) is 6.10 Å². The van der Waals surface area contributed by atoms with Crippen molar-refractivity contribution in [1.29, 1.82) is 0 Å². The number of aliphatic imine (C=N–C) groups is 1. The van der Waals surface area contributed by atoms with Crippen LogP contribution in [-0.4, -0.2) is 38.8 Å². The van der Waals surface area contributed by atoms with Gasteiger partial charge in [-0.05, 0) is 25.5 Å². The lowest BCUT2D eigenvalue weighted by Crippen LogP contribution is -2.45. The Hall–Kier alpha value is -2.17. The van der Waals surface area contributed by atoms with Crippen LogP contribution in [0.25, 0.3) is 0 Å². The standard InChI is InChI=1S/C16H23N3O2/c1-3-4-7-10-18-16(17-2)19-11-13-12-20-14-8-5-6-9-15(14)21-13/h3-6,8-9,13H,7,10-12H2,1-2H3,(H2,17,18,19). The Kier molecular flexibility index (Phi) is 5.94. The molecule has 1 unspecified atom stereocenters. The summed E-state index contributed by atoms with van der Waals surface area (Å²) in [6, 6.07) is 7.73. The zero-order valence-electron chi connectivity index (χ0n) is 12.6. The molecule has 5 heteroatoms. The van der Waals surface area contributed by atoms with Crippen molar-refractivity contribution in [3.05, 3.63) is 36.4 Å². The highest BCUT2D eigenvalue weighted by Gasteiger charge is 2.20. The second-order valence-corrected chi connectivity index (χ2v) is 4.74. The van der Waals surface area contributed by atoms with Crippen LogP contribution in [-0.2, 0) is 0 Å². The van der Waals surface area contributed by atoms with E-state index in [1.165, 1.54) is 0 Å². The van der Waals surface area contributed by atoms with Crippen molar-refractivity contribution in [2.45, 2.75) is 19.4 Å². The van der Waals surface area contributed by atoms with E-state index in [0.717, 1.165) is 30.4 Å². The number of guanidine groups is 1. The molecule has 0 fully saturated rings. The summed E-state index contributed by atoms with van der Waals surface area (Å²) < 4.78 is 11.6. The van der Waals surface area contributed by atoms with Crippen LogP contribution in [0.4, 0.5) is 0 Å². The van der Waals surface area contributed by atoms with Crippen LogP contribution in [0.5, 0.6) is 11.5 Å². The SMILES string of the molecule is CC=CCCNC(=NC)NCC1COc2ccccc2O1. The number of rotatable bonds is 5. The summed E-state index contributed by atoms with van der Waals surface area (Å²) in [5.74, 6) is 2.39. The average Bonchev–Trinajstić information content (AvgIpc) is 2.54. The minimum Gasteiger partial charge on any atom is -0.486 e. The lowest BCUT2D eigenvalue weighted by Gasteiger charge is -2.27. The summed E-state index contributed by atoms with van der Waals surface area (Å²) in [5, 5.41) is 6.51. The van der Waals surface area contributed by atoms with Crippen LogP contribution in [0.15, 0.2) is 41.4 Å². The van der Waals surface area contributed by atoms with Crippen LogP contribution in [0.2, 0.25) is 0 Å². The van der Waals surface area contributed by atoms with Crippen LogP contribution in [0.3, 0.4) is 0 Å². The molecule has 0 saturated heterocycles. The summed E-state index contributed by atoms with van der Waals surface area (Å²) in [4.78, 5) is 4.19. The third-order valence-electron chi connectivity index (χ3n) is 3.13. The van der Waals surface area contributed by atoms with E-state index in [1.807, 2.05) is 37.3 Å². The van der Waals surface area contributed by atoms with Gasteiger partial charge < -0.3 is 20.1 Å². The number of hydrogen-bond donors (Lipinski definition) is 2. The summed E-state index contributed by atoms with van der Waals surface area (Å²) in [6.07, 6.45) is 5.12. The Morgan fingerprint density at radius 1 is 1.33 bits per heavy atom. The number of nitrogens with zero attached hydrogens (tertiary/aromatic N) is 1. The molecular weight excluding hydrogens is 266 g/mol. The highest BCUT2D eigenvalue weighted by molar-refractivity contribution is 5.79. The largest absolute Gasteiger partial charge is 0.486 e. The first-order valence-electron chi connectivity index (χ1n) is 7.27. The minimum atomic E-state index is -0.0195. The first-order valence-corrected chi connectivity index (χ1v) is 7.27. The molecule has 0 amide bonds. The molecule has 2 N–H and O–H groups in total. The Morgan fingerprint density at radius 2 is 2.14 bits per heavy atom. The maximum absolute atomic E-state index is 5.89. The molecule has 1 aliphatic rings. The van der Waals surface area contributed by atoms with Gasteiger partial charge in [-0.2, -0.15) is 0 Å². The zero-order chi connectivity index (χ0) is 14.9. The third kappa shape index (κ3) is 4.70. The molecule has 1 aliphatic heterocycles. The lowest BCUT2D eigenvalue weighted by molar-refractivity contribution is 0.0936. The monoisotopic (exact) mass is 289 g/mol. The van der Waals surface area contributed by atoms with E-state index in [4.69, 9.17) is 9.47 Å². The normalized spacial score (nSPS) is 17.8. The van der Waals surface area contributed by atoms with Gasteiger partial charge in [-0.25, -0.2) is 0 Å². The highest BCUT2D eigenvalue weighted by Crippen LogP contribution is 2.30. The van der Waals surface area contributed by atoms with Crippen molar-refractivity contribution in [3.63, 3.8) is 0 Å². The molecule has 1 aromatic rings. The van der Waals surface area contributed by atoms with Gasteiger partial charge in [-0.15, -0.1) is 0 Å². The fourth-order valence-electron chi connectivity index (χ4n) is 2.04. The molecule has 21 heavy (non-hydrogen) atoms. The van der Waals surface area contributed by atoms with E-state index in [1.54, 1.807) is 7.05 Å². The molecule has 0 bridgehead atoms. The molecule has 1 aromatic carbocycles. The fraction of sp³-hybridized carbons (Fsp3) is 0.438. The van der Waals surface area contributed by atoms with Gasteiger partial charge in [-0.3, -0.25) is 4.99 Å². The van der Waals surface area contributed by atoms with Crippen molar-refractivity contribution in [2.75, 3.05) is 26.7 Å². The van der Waals surface area contributed by atoms with Crippen LogP contribution < -0.4 is 20.1 Å². The van der Waals surface area contributed by atoms with Gasteiger partial charge in [0.05, 0.1) is 6.54 Å². The van der Waals surface area contributed by atoms with E-state index < -0.39 is 0 Å². The smallest absolute Gasteiger partial charge is 0.191 e. The molecule has 2 rings (SSSR count). The molecule has 0 saturated carbocycles. The minimum absolute atomic E-state index is 0.0195.